The predicted molar refractivity (Wildman–Crippen MR) is 84.8 cm³/mol. The van der Waals surface area contributed by atoms with E-state index in [9.17, 15) is 9.18 Å². The summed E-state index contributed by atoms with van der Waals surface area (Å²) in [6.45, 7) is 2.58. The lowest BCUT2D eigenvalue weighted by Crippen LogP contribution is -2.29. The molecule has 1 N–H and O–H groups in total. The van der Waals surface area contributed by atoms with Gasteiger partial charge in [-0.1, -0.05) is 35.9 Å². The van der Waals surface area contributed by atoms with E-state index in [2.05, 4.69) is 5.32 Å². The lowest BCUT2D eigenvalue weighted by molar-refractivity contribution is -0.120. The second-order valence-electron chi connectivity index (χ2n) is 4.88. The summed E-state index contributed by atoms with van der Waals surface area (Å²) in [7, 11) is 0. The molecule has 0 spiro atoms. The number of hydrogen-bond acceptors (Lipinski definition) is 2. The molecule has 2 aromatic carbocycles. The van der Waals surface area contributed by atoms with Gasteiger partial charge in [-0.2, -0.15) is 0 Å². The monoisotopic (exact) mass is 321 g/mol. The summed E-state index contributed by atoms with van der Waals surface area (Å²) in [6.07, 6.45) is 0.0169. The molecule has 0 unspecified atom stereocenters. The van der Waals surface area contributed by atoms with Gasteiger partial charge in [-0.3, -0.25) is 4.79 Å². The fraction of sp³-hybridized carbons (Fsp3) is 0.235. The van der Waals surface area contributed by atoms with Crippen LogP contribution in [0.5, 0.6) is 5.75 Å². The van der Waals surface area contributed by atoms with Crippen LogP contribution in [0.3, 0.4) is 0 Å². The van der Waals surface area contributed by atoms with Crippen LogP contribution < -0.4 is 10.1 Å². The normalized spacial score (nSPS) is 10.3. The first-order valence-corrected chi connectivity index (χ1v) is 7.33. The number of halogens is 2. The van der Waals surface area contributed by atoms with E-state index in [-0.39, 0.29) is 18.1 Å². The average molecular weight is 322 g/mol. The quantitative estimate of drug-likeness (QED) is 0.827. The molecule has 0 atom stereocenters. The molecule has 0 saturated heterocycles. The third kappa shape index (κ3) is 4.74. The van der Waals surface area contributed by atoms with E-state index in [1.807, 2.05) is 19.1 Å². The minimum atomic E-state index is -0.372. The third-order valence-corrected chi connectivity index (χ3v) is 3.55. The molecule has 5 heteroatoms. The molecule has 0 aliphatic heterocycles. The van der Waals surface area contributed by atoms with E-state index in [4.69, 9.17) is 16.3 Å². The van der Waals surface area contributed by atoms with Crippen molar-refractivity contribution in [1.82, 2.24) is 5.32 Å². The van der Waals surface area contributed by atoms with Crippen LogP contribution in [-0.4, -0.2) is 19.1 Å². The topological polar surface area (TPSA) is 38.3 Å². The van der Waals surface area contributed by atoms with Crippen LogP contribution in [-0.2, 0) is 11.2 Å². The van der Waals surface area contributed by atoms with Gasteiger partial charge in [0.05, 0.1) is 13.0 Å². The Balaban J connectivity index is 1.73. The summed E-state index contributed by atoms with van der Waals surface area (Å²) < 4.78 is 18.9. The largest absolute Gasteiger partial charge is 0.492 e. The molecular formula is C17H17ClFNO2. The van der Waals surface area contributed by atoms with Gasteiger partial charge in [0.2, 0.25) is 5.91 Å². The molecule has 0 aliphatic rings. The average Bonchev–Trinajstić information content (AvgIpc) is 2.49. The molecule has 1 amide bonds. The van der Waals surface area contributed by atoms with E-state index >= 15 is 0 Å². The first-order chi connectivity index (χ1) is 10.6. The number of carbonyl (C=O) groups is 1. The van der Waals surface area contributed by atoms with E-state index in [0.29, 0.717) is 29.5 Å². The number of carbonyl (C=O) groups excluding carboxylic acids is 1. The van der Waals surface area contributed by atoms with Gasteiger partial charge in [0, 0.05) is 5.02 Å². The SMILES string of the molecule is Cc1ccc(OCCNC(=O)Cc2ccccc2F)cc1Cl. The Morgan fingerprint density at radius 1 is 1.27 bits per heavy atom. The highest BCUT2D eigenvalue weighted by atomic mass is 35.5. The Hall–Kier alpha value is -2.07. The minimum absolute atomic E-state index is 0.0169. The number of ether oxygens (including phenoxy) is 1. The molecule has 0 aromatic heterocycles. The number of amides is 1. The minimum Gasteiger partial charge on any atom is -0.492 e. The Morgan fingerprint density at radius 2 is 2.05 bits per heavy atom. The fourth-order valence-electron chi connectivity index (χ4n) is 1.90. The lowest BCUT2D eigenvalue weighted by atomic mass is 10.1. The molecule has 0 saturated carbocycles. The highest BCUT2D eigenvalue weighted by Gasteiger charge is 2.07. The maximum Gasteiger partial charge on any atom is 0.224 e. The maximum atomic E-state index is 13.4. The zero-order chi connectivity index (χ0) is 15.9. The van der Waals surface area contributed by atoms with Gasteiger partial charge in [-0.05, 0) is 36.2 Å². The van der Waals surface area contributed by atoms with Crippen molar-refractivity contribution in [2.75, 3.05) is 13.2 Å². The molecule has 2 rings (SSSR count). The zero-order valence-corrected chi connectivity index (χ0v) is 13.0. The Kier molecular flexibility index (Phi) is 5.78. The Morgan fingerprint density at radius 3 is 2.77 bits per heavy atom. The molecule has 0 radical (unpaired) electrons. The van der Waals surface area contributed by atoms with Crippen LogP contribution in [0.4, 0.5) is 4.39 Å². The number of rotatable bonds is 6. The van der Waals surface area contributed by atoms with Crippen molar-refractivity contribution in [2.45, 2.75) is 13.3 Å². The van der Waals surface area contributed by atoms with E-state index < -0.39 is 0 Å². The van der Waals surface area contributed by atoms with Gasteiger partial charge >= 0.3 is 0 Å². The van der Waals surface area contributed by atoms with Crippen LogP contribution in [0, 0.1) is 12.7 Å². The van der Waals surface area contributed by atoms with Crippen LogP contribution in [0.25, 0.3) is 0 Å². The standard InChI is InChI=1S/C17H17ClFNO2/c1-12-6-7-14(11-15(12)18)22-9-8-20-17(21)10-13-4-2-3-5-16(13)19/h2-7,11H,8-10H2,1H3,(H,20,21). The van der Waals surface area contributed by atoms with E-state index in [1.54, 1.807) is 24.3 Å². The predicted octanol–water partition coefficient (Wildman–Crippen LogP) is 3.53. The maximum absolute atomic E-state index is 13.4. The molecule has 0 bridgehead atoms. The smallest absolute Gasteiger partial charge is 0.224 e. The van der Waals surface area contributed by atoms with Crippen LogP contribution in [0.15, 0.2) is 42.5 Å². The van der Waals surface area contributed by atoms with Gasteiger partial charge in [0.25, 0.3) is 0 Å². The summed E-state index contributed by atoms with van der Waals surface area (Å²) in [5, 5.41) is 3.33. The van der Waals surface area contributed by atoms with Crippen molar-refractivity contribution in [3.05, 3.63) is 64.4 Å². The summed E-state index contributed by atoms with van der Waals surface area (Å²) in [5.74, 6) is 0.0396. The highest BCUT2D eigenvalue weighted by Crippen LogP contribution is 2.21. The van der Waals surface area contributed by atoms with Gasteiger partial charge in [0.1, 0.15) is 18.2 Å². The Labute approximate surface area is 134 Å². The van der Waals surface area contributed by atoms with Crippen molar-refractivity contribution in [3.63, 3.8) is 0 Å². The van der Waals surface area contributed by atoms with Crippen molar-refractivity contribution < 1.29 is 13.9 Å². The van der Waals surface area contributed by atoms with Gasteiger partial charge < -0.3 is 10.1 Å². The van der Waals surface area contributed by atoms with E-state index in [1.165, 1.54) is 6.07 Å². The van der Waals surface area contributed by atoms with Crippen LogP contribution >= 0.6 is 11.6 Å². The van der Waals surface area contributed by atoms with Crippen LogP contribution in [0.1, 0.15) is 11.1 Å². The first-order valence-electron chi connectivity index (χ1n) is 6.95. The van der Waals surface area contributed by atoms with E-state index in [0.717, 1.165) is 5.56 Å². The summed E-state index contributed by atoms with van der Waals surface area (Å²) in [5.41, 5.74) is 1.36. The highest BCUT2D eigenvalue weighted by molar-refractivity contribution is 6.31. The van der Waals surface area contributed by atoms with Crippen molar-refractivity contribution in [2.24, 2.45) is 0 Å². The lowest BCUT2D eigenvalue weighted by Gasteiger charge is -2.09. The fourth-order valence-corrected chi connectivity index (χ4v) is 2.07. The molecule has 116 valence electrons. The molecule has 0 aliphatic carbocycles. The molecule has 2 aromatic rings. The Bertz CT molecular complexity index is 661. The second-order valence-corrected chi connectivity index (χ2v) is 5.28. The molecule has 0 fully saturated rings. The zero-order valence-electron chi connectivity index (χ0n) is 12.2. The van der Waals surface area contributed by atoms with Gasteiger partial charge in [-0.15, -0.1) is 0 Å². The third-order valence-electron chi connectivity index (χ3n) is 3.15. The molecule has 22 heavy (non-hydrogen) atoms. The van der Waals surface area contributed by atoms with Crippen molar-refractivity contribution >= 4 is 17.5 Å². The van der Waals surface area contributed by atoms with Crippen LogP contribution in [0.2, 0.25) is 5.02 Å². The number of hydrogen-bond donors (Lipinski definition) is 1. The van der Waals surface area contributed by atoms with Crippen molar-refractivity contribution in [3.8, 4) is 5.75 Å². The molecule has 0 heterocycles. The van der Waals surface area contributed by atoms with Crippen molar-refractivity contribution in [1.29, 1.82) is 0 Å². The van der Waals surface area contributed by atoms with Gasteiger partial charge in [0.15, 0.2) is 0 Å². The summed E-state index contributed by atoms with van der Waals surface area (Å²) >= 11 is 6.00. The number of aryl methyl sites for hydroxylation is 1. The summed E-state index contributed by atoms with van der Waals surface area (Å²) in [6, 6.07) is 11.7. The number of nitrogens with one attached hydrogen (secondary N) is 1. The molecule has 3 nitrogen and oxygen atoms in total. The van der Waals surface area contributed by atoms with Gasteiger partial charge in [-0.25, -0.2) is 4.39 Å². The second kappa shape index (κ2) is 7.80. The number of benzene rings is 2. The first kappa shape index (κ1) is 16.3. The summed E-state index contributed by atoms with van der Waals surface area (Å²) in [4.78, 5) is 11.7. The molecular weight excluding hydrogens is 305 g/mol.